The summed E-state index contributed by atoms with van der Waals surface area (Å²) in [6.45, 7) is 0.433. The fraction of sp³-hybridized carbons (Fsp3) is 0.333. The summed E-state index contributed by atoms with van der Waals surface area (Å²) in [5.41, 5.74) is -0.714. The number of benzene rings is 1. The fourth-order valence-electron chi connectivity index (χ4n) is 2.10. The molecule has 2 rings (SSSR count). The topological polar surface area (TPSA) is 87.2 Å². The van der Waals surface area contributed by atoms with Gasteiger partial charge in [-0.25, -0.2) is 0 Å². The summed E-state index contributed by atoms with van der Waals surface area (Å²) in [5.74, 6) is -1.47. The van der Waals surface area contributed by atoms with Crippen LogP contribution in [0, 0.1) is 27.3 Å². The predicted molar refractivity (Wildman–Crippen MR) is 62.7 cm³/mol. The van der Waals surface area contributed by atoms with Crippen molar-refractivity contribution in [3.8, 4) is 6.07 Å². The maximum absolute atomic E-state index is 13.2. The number of nitriles is 1. The molecule has 1 aromatic carbocycles. The highest BCUT2D eigenvalue weighted by atomic mass is 19.1. The van der Waals surface area contributed by atoms with E-state index in [-0.39, 0.29) is 5.56 Å². The molecule has 1 fully saturated rings. The molecule has 98 valence electrons. The Kier molecular flexibility index (Phi) is 3.42. The molecule has 0 aromatic heterocycles. The summed E-state index contributed by atoms with van der Waals surface area (Å²) in [5, 5.41) is 19.5. The molecule has 1 aliphatic heterocycles. The van der Waals surface area contributed by atoms with Gasteiger partial charge in [0, 0.05) is 18.2 Å². The van der Waals surface area contributed by atoms with Gasteiger partial charge in [-0.3, -0.25) is 14.9 Å². The lowest BCUT2D eigenvalue weighted by Gasteiger charge is -2.19. The van der Waals surface area contributed by atoms with Crippen molar-refractivity contribution in [2.75, 3.05) is 6.54 Å². The number of amides is 1. The highest BCUT2D eigenvalue weighted by molar-refractivity contribution is 5.95. The van der Waals surface area contributed by atoms with E-state index in [4.69, 9.17) is 5.26 Å². The number of hydrogen-bond acceptors (Lipinski definition) is 4. The van der Waals surface area contributed by atoms with Gasteiger partial charge >= 0.3 is 5.69 Å². The van der Waals surface area contributed by atoms with Crippen molar-refractivity contribution < 1.29 is 14.1 Å². The number of rotatable bonds is 2. The quantitative estimate of drug-likeness (QED) is 0.601. The lowest BCUT2D eigenvalue weighted by Crippen LogP contribution is -2.34. The second-order valence-corrected chi connectivity index (χ2v) is 4.21. The van der Waals surface area contributed by atoms with Gasteiger partial charge in [0.25, 0.3) is 5.91 Å². The summed E-state index contributed by atoms with van der Waals surface area (Å²) in [6, 6.07) is 4.48. The number of nitro groups is 1. The third-order valence-corrected chi connectivity index (χ3v) is 3.05. The number of nitro benzene ring substituents is 1. The third-order valence-electron chi connectivity index (χ3n) is 3.05. The normalized spacial score (nSPS) is 18.1. The minimum atomic E-state index is -0.986. The fourth-order valence-corrected chi connectivity index (χ4v) is 2.10. The van der Waals surface area contributed by atoms with Crippen molar-refractivity contribution in [2.24, 2.45) is 0 Å². The Bertz CT molecular complexity index is 582. The van der Waals surface area contributed by atoms with Crippen molar-refractivity contribution in [3.63, 3.8) is 0 Å². The number of halogens is 1. The zero-order valence-electron chi connectivity index (χ0n) is 9.88. The first-order valence-electron chi connectivity index (χ1n) is 5.69. The lowest BCUT2D eigenvalue weighted by molar-refractivity contribution is -0.387. The first-order chi connectivity index (χ1) is 9.04. The average molecular weight is 263 g/mol. The number of hydrogen-bond donors (Lipinski definition) is 0. The standard InChI is InChI=1S/C12H10FN3O3/c13-10-4-3-8(6-11(10)16(18)19)12(17)15-5-1-2-9(15)7-14/h3-4,6,9H,1-2,5H2. The van der Waals surface area contributed by atoms with Crippen molar-refractivity contribution >= 4 is 11.6 Å². The van der Waals surface area contributed by atoms with E-state index in [0.29, 0.717) is 19.4 Å². The van der Waals surface area contributed by atoms with Gasteiger partial charge in [-0.15, -0.1) is 0 Å². The molecule has 1 unspecified atom stereocenters. The Balaban J connectivity index is 2.32. The minimum absolute atomic E-state index is 0.0234. The first kappa shape index (κ1) is 13.0. The van der Waals surface area contributed by atoms with Crippen molar-refractivity contribution in [3.05, 3.63) is 39.7 Å². The first-order valence-corrected chi connectivity index (χ1v) is 5.69. The summed E-state index contributed by atoms with van der Waals surface area (Å²) < 4.78 is 13.2. The molecule has 1 amide bonds. The molecule has 6 nitrogen and oxygen atoms in total. The molecule has 0 aliphatic carbocycles. The van der Waals surface area contributed by atoms with Crippen LogP contribution in [0.25, 0.3) is 0 Å². The van der Waals surface area contributed by atoms with Gasteiger partial charge < -0.3 is 4.90 Å². The molecule has 0 saturated carbocycles. The van der Waals surface area contributed by atoms with E-state index in [0.717, 1.165) is 12.1 Å². The van der Waals surface area contributed by atoms with Gasteiger partial charge in [-0.1, -0.05) is 0 Å². The highest BCUT2D eigenvalue weighted by Gasteiger charge is 2.30. The molecule has 1 saturated heterocycles. The van der Waals surface area contributed by atoms with Crippen molar-refractivity contribution in [2.45, 2.75) is 18.9 Å². The van der Waals surface area contributed by atoms with Crippen molar-refractivity contribution in [1.29, 1.82) is 5.26 Å². The molecule has 0 bridgehead atoms. The maximum atomic E-state index is 13.2. The van der Waals surface area contributed by atoms with Crippen LogP contribution in [-0.4, -0.2) is 28.3 Å². The Morgan fingerprint density at radius 2 is 2.32 bits per heavy atom. The average Bonchev–Trinajstić information content (AvgIpc) is 2.86. The largest absolute Gasteiger partial charge is 0.323 e. The van der Waals surface area contributed by atoms with E-state index < -0.39 is 28.4 Å². The maximum Gasteiger partial charge on any atom is 0.305 e. The van der Waals surface area contributed by atoms with Crippen molar-refractivity contribution in [1.82, 2.24) is 4.90 Å². The van der Waals surface area contributed by atoms with E-state index >= 15 is 0 Å². The zero-order chi connectivity index (χ0) is 14.0. The molecule has 1 heterocycles. The molecule has 0 spiro atoms. The van der Waals surface area contributed by atoms with Gasteiger partial charge in [0.1, 0.15) is 6.04 Å². The lowest BCUT2D eigenvalue weighted by atomic mass is 10.1. The van der Waals surface area contributed by atoms with E-state index in [1.807, 2.05) is 6.07 Å². The van der Waals surface area contributed by atoms with Crippen LogP contribution in [0.4, 0.5) is 10.1 Å². The Morgan fingerprint density at radius 1 is 1.58 bits per heavy atom. The monoisotopic (exact) mass is 263 g/mol. The predicted octanol–water partition coefficient (Wildman–Crippen LogP) is 1.86. The summed E-state index contributed by atoms with van der Waals surface area (Å²) in [6.07, 6.45) is 1.30. The van der Waals surface area contributed by atoms with Gasteiger partial charge in [-0.05, 0) is 25.0 Å². The van der Waals surface area contributed by atoms with Crippen LogP contribution in [0.3, 0.4) is 0 Å². The molecule has 1 atom stereocenters. The second-order valence-electron chi connectivity index (χ2n) is 4.21. The number of carbonyl (C=O) groups excluding carboxylic acids is 1. The molecule has 7 heteroatoms. The molecular formula is C12H10FN3O3. The van der Waals surface area contributed by atoms with Crippen LogP contribution >= 0.6 is 0 Å². The van der Waals surface area contributed by atoms with Crippen LogP contribution in [0.2, 0.25) is 0 Å². The Labute approximate surface area is 108 Å². The van der Waals surface area contributed by atoms with Gasteiger partial charge in [0.05, 0.1) is 11.0 Å². The molecule has 0 N–H and O–H groups in total. The van der Waals surface area contributed by atoms with Crippen LogP contribution in [0.1, 0.15) is 23.2 Å². The van der Waals surface area contributed by atoms with Crippen LogP contribution in [0.15, 0.2) is 18.2 Å². The molecular weight excluding hydrogens is 253 g/mol. The van der Waals surface area contributed by atoms with Crippen LogP contribution < -0.4 is 0 Å². The summed E-state index contributed by atoms with van der Waals surface area (Å²) in [4.78, 5) is 23.2. The number of nitrogens with zero attached hydrogens (tertiary/aromatic N) is 3. The summed E-state index contributed by atoms with van der Waals surface area (Å²) in [7, 11) is 0. The summed E-state index contributed by atoms with van der Waals surface area (Å²) >= 11 is 0. The van der Waals surface area contributed by atoms with E-state index in [2.05, 4.69) is 0 Å². The van der Waals surface area contributed by atoms with Gasteiger partial charge in [0.15, 0.2) is 0 Å². The second kappa shape index (κ2) is 5.02. The zero-order valence-corrected chi connectivity index (χ0v) is 9.88. The minimum Gasteiger partial charge on any atom is -0.323 e. The smallest absolute Gasteiger partial charge is 0.305 e. The molecule has 1 aliphatic rings. The molecule has 0 radical (unpaired) electrons. The third kappa shape index (κ3) is 2.38. The molecule has 19 heavy (non-hydrogen) atoms. The van der Waals surface area contributed by atoms with E-state index in [1.54, 1.807) is 0 Å². The number of carbonyl (C=O) groups is 1. The molecule has 1 aromatic rings. The number of likely N-dealkylation sites (tertiary alicyclic amines) is 1. The SMILES string of the molecule is N#CC1CCCN1C(=O)c1ccc(F)c([N+](=O)[O-])c1. The highest BCUT2D eigenvalue weighted by Crippen LogP contribution is 2.23. The Hall–Kier alpha value is -2.49. The Morgan fingerprint density at radius 3 is 2.95 bits per heavy atom. The van der Waals surface area contributed by atoms with Crippen LogP contribution in [0.5, 0.6) is 0 Å². The van der Waals surface area contributed by atoms with Crippen LogP contribution in [-0.2, 0) is 0 Å². The van der Waals surface area contributed by atoms with E-state index in [1.165, 1.54) is 11.0 Å². The van der Waals surface area contributed by atoms with Gasteiger partial charge in [0.2, 0.25) is 5.82 Å². The van der Waals surface area contributed by atoms with E-state index in [9.17, 15) is 19.3 Å². The van der Waals surface area contributed by atoms with Gasteiger partial charge in [-0.2, -0.15) is 9.65 Å².